The number of pyridine rings is 1. The lowest BCUT2D eigenvalue weighted by Crippen LogP contribution is -2.22. The molecule has 0 unspecified atom stereocenters. The van der Waals surface area contributed by atoms with Crippen LogP contribution in [0.3, 0.4) is 0 Å². The van der Waals surface area contributed by atoms with Crippen molar-refractivity contribution in [2.24, 2.45) is 0 Å². The molecule has 0 spiro atoms. The SMILES string of the molecule is O=C(Nc1cccc(F)c1)c1c[nH]c2ccc(F)cc2c1=O. The number of anilines is 1. The lowest BCUT2D eigenvalue weighted by molar-refractivity contribution is 0.102. The maximum absolute atomic E-state index is 13.2. The second-order valence-corrected chi connectivity index (χ2v) is 4.69. The van der Waals surface area contributed by atoms with Crippen LogP contribution in [0.2, 0.25) is 0 Å². The predicted octanol–water partition coefficient (Wildman–Crippen LogP) is 3.06. The molecule has 4 nitrogen and oxygen atoms in total. The van der Waals surface area contributed by atoms with Crippen LogP contribution in [0.25, 0.3) is 10.9 Å². The zero-order chi connectivity index (χ0) is 15.7. The van der Waals surface area contributed by atoms with Crippen LogP contribution in [0.1, 0.15) is 10.4 Å². The van der Waals surface area contributed by atoms with Crippen LogP contribution in [0.4, 0.5) is 14.5 Å². The van der Waals surface area contributed by atoms with E-state index in [-0.39, 0.29) is 16.6 Å². The van der Waals surface area contributed by atoms with Crippen LogP contribution in [-0.2, 0) is 0 Å². The summed E-state index contributed by atoms with van der Waals surface area (Å²) in [6, 6.07) is 8.99. The van der Waals surface area contributed by atoms with E-state index >= 15 is 0 Å². The molecule has 3 rings (SSSR count). The average Bonchev–Trinajstić information content (AvgIpc) is 2.48. The van der Waals surface area contributed by atoms with Gasteiger partial charge in [0.1, 0.15) is 17.2 Å². The molecule has 0 fully saturated rings. The molecule has 3 aromatic rings. The van der Waals surface area contributed by atoms with Crippen molar-refractivity contribution in [3.05, 3.63) is 76.1 Å². The highest BCUT2D eigenvalue weighted by atomic mass is 19.1. The average molecular weight is 300 g/mol. The Bertz CT molecular complexity index is 935. The molecule has 0 aliphatic rings. The number of halogens is 2. The van der Waals surface area contributed by atoms with Gasteiger partial charge >= 0.3 is 0 Å². The molecule has 1 heterocycles. The highest BCUT2D eigenvalue weighted by molar-refractivity contribution is 6.05. The van der Waals surface area contributed by atoms with Crippen LogP contribution < -0.4 is 10.7 Å². The molecule has 0 radical (unpaired) electrons. The number of carbonyl (C=O) groups is 1. The van der Waals surface area contributed by atoms with Crippen LogP contribution in [0.15, 0.2) is 53.5 Å². The lowest BCUT2D eigenvalue weighted by atomic mass is 10.1. The van der Waals surface area contributed by atoms with E-state index in [4.69, 9.17) is 0 Å². The van der Waals surface area contributed by atoms with Gasteiger partial charge in [-0.05, 0) is 36.4 Å². The second kappa shape index (κ2) is 5.40. The van der Waals surface area contributed by atoms with Gasteiger partial charge < -0.3 is 10.3 Å². The maximum Gasteiger partial charge on any atom is 0.261 e. The lowest BCUT2D eigenvalue weighted by Gasteiger charge is -2.06. The standard InChI is InChI=1S/C16H10F2N2O2/c17-9-2-1-3-11(6-9)20-16(22)13-8-19-14-5-4-10(18)7-12(14)15(13)21/h1-8H,(H,19,21)(H,20,22). The molecule has 0 atom stereocenters. The zero-order valence-corrected chi connectivity index (χ0v) is 11.2. The fourth-order valence-electron chi connectivity index (χ4n) is 2.12. The fourth-order valence-corrected chi connectivity index (χ4v) is 2.12. The molecule has 0 aliphatic heterocycles. The highest BCUT2D eigenvalue weighted by Crippen LogP contribution is 2.13. The Morgan fingerprint density at radius 1 is 1.05 bits per heavy atom. The van der Waals surface area contributed by atoms with Gasteiger partial charge in [-0.15, -0.1) is 0 Å². The summed E-state index contributed by atoms with van der Waals surface area (Å²) in [6.07, 6.45) is 1.25. The predicted molar refractivity (Wildman–Crippen MR) is 78.9 cm³/mol. The van der Waals surface area contributed by atoms with Gasteiger partial charge in [-0.2, -0.15) is 0 Å². The highest BCUT2D eigenvalue weighted by Gasteiger charge is 2.13. The smallest absolute Gasteiger partial charge is 0.261 e. The first-order valence-electron chi connectivity index (χ1n) is 6.42. The molecule has 1 amide bonds. The van der Waals surface area contributed by atoms with Gasteiger partial charge in [0.15, 0.2) is 0 Å². The largest absolute Gasteiger partial charge is 0.360 e. The van der Waals surface area contributed by atoms with Crippen molar-refractivity contribution < 1.29 is 13.6 Å². The molecule has 1 aromatic heterocycles. The van der Waals surface area contributed by atoms with Gasteiger partial charge in [0, 0.05) is 22.8 Å². The summed E-state index contributed by atoms with van der Waals surface area (Å²) < 4.78 is 26.3. The van der Waals surface area contributed by atoms with Gasteiger partial charge in [-0.1, -0.05) is 6.07 Å². The number of amides is 1. The molecule has 110 valence electrons. The third-order valence-electron chi connectivity index (χ3n) is 3.17. The first kappa shape index (κ1) is 13.9. The minimum atomic E-state index is -0.696. The van der Waals surface area contributed by atoms with Crippen molar-refractivity contribution in [3.8, 4) is 0 Å². The normalized spacial score (nSPS) is 10.6. The van der Waals surface area contributed by atoms with Gasteiger partial charge in [0.2, 0.25) is 5.43 Å². The molecule has 2 N–H and O–H groups in total. The Labute approximate surface area is 123 Å². The maximum atomic E-state index is 13.2. The number of nitrogens with one attached hydrogen (secondary N) is 2. The number of aromatic amines is 1. The monoisotopic (exact) mass is 300 g/mol. The Morgan fingerprint density at radius 2 is 1.82 bits per heavy atom. The summed E-state index contributed by atoms with van der Waals surface area (Å²) in [6.45, 7) is 0. The quantitative estimate of drug-likeness (QED) is 0.764. The molecular weight excluding hydrogens is 290 g/mol. The number of H-pyrrole nitrogens is 1. The summed E-state index contributed by atoms with van der Waals surface area (Å²) in [5, 5.41) is 2.50. The second-order valence-electron chi connectivity index (χ2n) is 4.69. The minimum Gasteiger partial charge on any atom is -0.360 e. The van der Waals surface area contributed by atoms with E-state index in [9.17, 15) is 18.4 Å². The number of fused-ring (bicyclic) bond motifs is 1. The molecule has 2 aromatic carbocycles. The number of hydrogen-bond donors (Lipinski definition) is 2. The molecule has 0 aliphatic carbocycles. The summed E-state index contributed by atoms with van der Waals surface area (Å²) in [4.78, 5) is 27.1. The van der Waals surface area contributed by atoms with Crippen molar-refractivity contribution in [2.45, 2.75) is 0 Å². The number of benzene rings is 2. The summed E-state index contributed by atoms with van der Waals surface area (Å²) in [7, 11) is 0. The van der Waals surface area contributed by atoms with Crippen molar-refractivity contribution in [1.82, 2.24) is 4.98 Å². The van der Waals surface area contributed by atoms with Crippen LogP contribution >= 0.6 is 0 Å². The summed E-state index contributed by atoms with van der Waals surface area (Å²) in [5.41, 5.74) is -0.123. The fraction of sp³-hybridized carbons (Fsp3) is 0. The van der Waals surface area contributed by atoms with Gasteiger partial charge in [-0.25, -0.2) is 8.78 Å². The minimum absolute atomic E-state index is 0.0758. The Balaban J connectivity index is 2.01. The molecular formula is C16H10F2N2O2. The van der Waals surface area contributed by atoms with Gasteiger partial charge in [0.25, 0.3) is 5.91 Å². The Morgan fingerprint density at radius 3 is 2.59 bits per heavy atom. The summed E-state index contributed by atoms with van der Waals surface area (Å²) >= 11 is 0. The van der Waals surface area contributed by atoms with Crippen molar-refractivity contribution in [1.29, 1.82) is 0 Å². The molecule has 0 saturated heterocycles. The van der Waals surface area contributed by atoms with Crippen LogP contribution in [0.5, 0.6) is 0 Å². The van der Waals surface area contributed by atoms with E-state index in [1.807, 2.05) is 0 Å². The van der Waals surface area contributed by atoms with E-state index < -0.39 is 23.0 Å². The van der Waals surface area contributed by atoms with Crippen molar-refractivity contribution in [3.63, 3.8) is 0 Å². The number of hydrogen-bond acceptors (Lipinski definition) is 2. The summed E-state index contributed by atoms with van der Waals surface area (Å²) in [5.74, 6) is -1.77. The van der Waals surface area contributed by atoms with E-state index in [0.29, 0.717) is 5.52 Å². The molecule has 22 heavy (non-hydrogen) atoms. The number of carbonyl (C=O) groups excluding carboxylic acids is 1. The topological polar surface area (TPSA) is 62.0 Å². The first-order chi connectivity index (χ1) is 10.5. The third-order valence-corrected chi connectivity index (χ3v) is 3.17. The zero-order valence-electron chi connectivity index (χ0n) is 11.2. The van der Waals surface area contributed by atoms with Gasteiger partial charge in [0.05, 0.1) is 0 Å². The first-order valence-corrected chi connectivity index (χ1v) is 6.42. The van der Waals surface area contributed by atoms with E-state index in [1.54, 1.807) is 0 Å². The van der Waals surface area contributed by atoms with Crippen molar-refractivity contribution in [2.75, 3.05) is 5.32 Å². The molecule has 0 bridgehead atoms. The van der Waals surface area contributed by atoms with Crippen LogP contribution in [-0.4, -0.2) is 10.9 Å². The number of aromatic nitrogens is 1. The van der Waals surface area contributed by atoms with Gasteiger partial charge in [-0.3, -0.25) is 9.59 Å². The van der Waals surface area contributed by atoms with E-state index in [0.717, 1.165) is 12.1 Å². The Hall–Kier alpha value is -3.02. The van der Waals surface area contributed by atoms with Crippen LogP contribution in [0, 0.1) is 11.6 Å². The van der Waals surface area contributed by atoms with Crippen molar-refractivity contribution >= 4 is 22.5 Å². The Kier molecular flexibility index (Phi) is 3.42. The van der Waals surface area contributed by atoms with E-state index in [2.05, 4.69) is 10.3 Å². The molecule has 6 heteroatoms. The number of rotatable bonds is 2. The molecule has 0 saturated carbocycles. The third kappa shape index (κ3) is 2.58. The van der Waals surface area contributed by atoms with E-state index in [1.165, 1.54) is 36.5 Å².